The van der Waals surface area contributed by atoms with E-state index in [1.165, 1.54) is 16.7 Å². The van der Waals surface area contributed by atoms with Gasteiger partial charge in [-0.2, -0.15) is 0 Å². The summed E-state index contributed by atoms with van der Waals surface area (Å²) in [7, 11) is 0. The predicted octanol–water partition coefficient (Wildman–Crippen LogP) is 5.56. The van der Waals surface area contributed by atoms with Crippen LogP contribution in [0.5, 0.6) is 0 Å². The summed E-state index contributed by atoms with van der Waals surface area (Å²) in [5, 5.41) is 0. The van der Waals surface area contributed by atoms with Gasteiger partial charge in [0.05, 0.1) is 13.0 Å². The molecule has 0 amide bonds. The van der Waals surface area contributed by atoms with Crippen molar-refractivity contribution in [3.63, 3.8) is 0 Å². The van der Waals surface area contributed by atoms with Crippen molar-refractivity contribution in [3.05, 3.63) is 96.1 Å². The van der Waals surface area contributed by atoms with Crippen molar-refractivity contribution in [2.24, 2.45) is 0 Å². The van der Waals surface area contributed by atoms with Gasteiger partial charge in [-0.15, -0.1) is 13.2 Å². The molecule has 0 heterocycles. The number of ether oxygens (including phenoxy) is 1. The summed E-state index contributed by atoms with van der Waals surface area (Å²) in [6.45, 7) is 10.2. The molecule has 0 saturated carbocycles. The molecule has 2 aromatic rings. The van der Waals surface area contributed by atoms with Crippen LogP contribution < -0.4 is 0 Å². The Balaban J connectivity index is 1.92. The van der Waals surface area contributed by atoms with Crippen LogP contribution in [0.1, 0.15) is 41.0 Å². The summed E-state index contributed by atoms with van der Waals surface area (Å²) in [6, 6.07) is 16.4. The van der Waals surface area contributed by atoms with Gasteiger partial charge in [0.1, 0.15) is 0 Å². The lowest BCUT2D eigenvalue weighted by molar-refractivity contribution is -0.143. The molecule has 0 N–H and O–H groups in total. The molecule has 0 fully saturated rings. The summed E-state index contributed by atoms with van der Waals surface area (Å²) in [4.78, 5) is 12.1. The number of hydrogen-bond acceptors (Lipinski definition) is 2. The maximum atomic E-state index is 12.1. The molecule has 2 heteroatoms. The third-order valence-corrected chi connectivity index (χ3v) is 4.51. The topological polar surface area (TPSA) is 26.3 Å². The van der Waals surface area contributed by atoms with Crippen LogP contribution in [0.25, 0.3) is 0 Å². The Labute approximate surface area is 157 Å². The number of carbonyl (C=O) groups is 1. The second kappa shape index (κ2) is 10.4. The highest BCUT2D eigenvalue weighted by Crippen LogP contribution is 2.27. The molecule has 0 saturated heterocycles. The maximum absolute atomic E-state index is 12.1. The van der Waals surface area contributed by atoms with Crippen LogP contribution in [0, 0.1) is 6.92 Å². The van der Waals surface area contributed by atoms with Gasteiger partial charge in [0.15, 0.2) is 0 Å². The summed E-state index contributed by atoms with van der Waals surface area (Å²) in [6.07, 6.45) is 6.68. The van der Waals surface area contributed by atoms with E-state index in [9.17, 15) is 4.79 Å². The van der Waals surface area contributed by atoms with Crippen molar-refractivity contribution in [3.8, 4) is 0 Å². The molecule has 136 valence electrons. The maximum Gasteiger partial charge on any atom is 0.310 e. The molecule has 2 aromatic carbocycles. The highest BCUT2D eigenvalue weighted by Gasteiger charge is 2.14. The molecule has 0 aromatic heterocycles. The molecule has 0 spiro atoms. The zero-order chi connectivity index (χ0) is 18.8. The van der Waals surface area contributed by atoms with Gasteiger partial charge in [-0.25, -0.2) is 0 Å². The summed E-state index contributed by atoms with van der Waals surface area (Å²) in [5.74, 6) is 0.126. The Hall–Kier alpha value is -2.61. The molecule has 26 heavy (non-hydrogen) atoms. The highest BCUT2D eigenvalue weighted by molar-refractivity contribution is 5.72. The van der Waals surface area contributed by atoms with Crippen LogP contribution >= 0.6 is 0 Å². The fourth-order valence-corrected chi connectivity index (χ4v) is 3.11. The fraction of sp³-hybridized carbons (Fsp3) is 0.292. The Morgan fingerprint density at radius 3 is 2.50 bits per heavy atom. The van der Waals surface area contributed by atoms with Crippen molar-refractivity contribution >= 4 is 5.97 Å². The number of benzene rings is 2. The van der Waals surface area contributed by atoms with Gasteiger partial charge in [-0.1, -0.05) is 66.2 Å². The number of allylic oxidation sites excluding steroid dienone is 2. The van der Waals surface area contributed by atoms with Gasteiger partial charge in [-0.3, -0.25) is 4.79 Å². The van der Waals surface area contributed by atoms with E-state index in [0.717, 1.165) is 24.8 Å². The van der Waals surface area contributed by atoms with E-state index in [4.69, 9.17) is 4.74 Å². The lowest BCUT2D eigenvalue weighted by Gasteiger charge is -2.19. The van der Waals surface area contributed by atoms with E-state index in [-0.39, 0.29) is 5.97 Å². The molecule has 0 bridgehead atoms. The lowest BCUT2D eigenvalue weighted by atomic mass is 9.88. The molecular formula is C24H28O2. The fourth-order valence-electron chi connectivity index (χ4n) is 3.11. The van der Waals surface area contributed by atoms with Crippen molar-refractivity contribution in [2.75, 3.05) is 6.61 Å². The van der Waals surface area contributed by atoms with Gasteiger partial charge in [0.25, 0.3) is 0 Å². The molecule has 1 unspecified atom stereocenters. The Morgan fingerprint density at radius 1 is 1.08 bits per heavy atom. The van der Waals surface area contributed by atoms with Crippen LogP contribution in [-0.2, 0) is 22.4 Å². The van der Waals surface area contributed by atoms with Crippen LogP contribution in [-0.4, -0.2) is 12.6 Å². The van der Waals surface area contributed by atoms with Crippen molar-refractivity contribution in [1.29, 1.82) is 0 Å². The molecule has 0 aliphatic heterocycles. The molecule has 0 aliphatic rings. The van der Waals surface area contributed by atoms with Gasteiger partial charge >= 0.3 is 5.97 Å². The summed E-state index contributed by atoms with van der Waals surface area (Å²) < 4.78 is 5.48. The van der Waals surface area contributed by atoms with E-state index >= 15 is 0 Å². The van der Waals surface area contributed by atoms with Crippen molar-refractivity contribution < 1.29 is 9.53 Å². The van der Waals surface area contributed by atoms with E-state index in [2.05, 4.69) is 37.4 Å². The molecule has 2 rings (SSSR count). The predicted molar refractivity (Wildman–Crippen MR) is 108 cm³/mol. The molecule has 2 nitrogen and oxygen atoms in total. The molecular weight excluding hydrogens is 320 g/mol. The number of rotatable bonds is 10. The smallest absolute Gasteiger partial charge is 0.310 e. The normalized spacial score (nSPS) is 11.6. The summed E-state index contributed by atoms with van der Waals surface area (Å²) >= 11 is 0. The Kier molecular flexibility index (Phi) is 7.88. The Morgan fingerprint density at radius 2 is 1.81 bits per heavy atom. The van der Waals surface area contributed by atoms with Gasteiger partial charge in [-0.05, 0) is 48.8 Å². The van der Waals surface area contributed by atoms with Crippen LogP contribution in [0.15, 0.2) is 73.8 Å². The third kappa shape index (κ3) is 6.03. The largest absolute Gasteiger partial charge is 0.465 e. The number of hydrogen-bond donors (Lipinski definition) is 0. The number of esters is 1. The monoisotopic (exact) mass is 348 g/mol. The first kappa shape index (κ1) is 19.7. The second-order valence-electron chi connectivity index (χ2n) is 6.58. The number of aryl methyl sites for hydroxylation is 1. The average molecular weight is 348 g/mol. The van der Waals surface area contributed by atoms with E-state index in [1.807, 2.05) is 43.3 Å². The van der Waals surface area contributed by atoms with Gasteiger partial charge in [0.2, 0.25) is 0 Å². The molecule has 0 radical (unpaired) electrons. The first-order valence-electron chi connectivity index (χ1n) is 9.14. The lowest BCUT2D eigenvalue weighted by Crippen LogP contribution is -2.12. The van der Waals surface area contributed by atoms with Crippen LogP contribution in [0.4, 0.5) is 0 Å². The summed E-state index contributed by atoms with van der Waals surface area (Å²) in [5.41, 5.74) is 4.74. The second-order valence-corrected chi connectivity index (χ2v) is 6.58. The van der Waals surface area contributed by atoms with E-state index in [1.54, 1.807) is 0 Å². The van der Waals surface area contributed by atoms with Gasteiger partial charge in [0, 0.05) is 0 Å². The highest BCUT2D eigenvalue weighted by atomic mass is 16.5. The SMILES string of the molecule is C=CCc1ccccc1C(CC=C)CCOC(=O)Cc1ccc(C)cc1. The Bertz CT molecular complexity index is 728. The minimum Gasteiger partial charge on any atom is -0.465 e. The molecule has 0 aliphatic carbocycles. The average Bonchev–Trinajstić information content (AvgIpc) is 2.64. The zero-order valence-corrected chi connectivity index (χ0v) is 15.6. The first-order chi connectivity index (χ1) is 12.6. The van der Waals surface area contributed by atoms with Crippen LogP contribution in [0.2, 0.25) is 0 Å². The third-order valence-electron chi connectivity index (χ3n) is 4.51. The zero-order valence-electron chi connectivity index (χ0n) is 15.6. The van der Waals surface area contributed by atoms with Gasteiger partial charge < -0.3 is 4.74 Å². The minimum absolute atomic E-state index is 0.175. The van der Waals surface area contributed by atoms with E-state index in [0.29, 0.717) is 18.9 Å². The first-order valence-corrected chi connectivity index (χ1v) is 9.14. The number of carbonyl (C=O) groups excluding carboxylic acids is 1. The minimum atomic E-state index is -0.175. The van der Waals surface area contributed by atoms with E-state index < -0.39 is 0 Å². The van der Waals surface area contributed by atoms with Crippen molar-refractivity contribution in [2.45, 2.75) is 38.5 Å². The van der Waals surface area contributed by atoms with Crippen LogP contribution in [0.3, 0.4) is 0 Å². The quantitative estimate of drug-likeness (QED) is 0.415. The standard InChI is InChI=1S/C24H28O2/c1-4-8-21-10-6-7-11-23(21)22(9-5-2)16-17-26-24(25)18-20-14-12-19(3)13-15-20/h4-7,10-15,22H,1-2,8-9,16-18H2,3H3. The van der Waals surface area contributed by atoms with Crippen molar-refractivity contribution in [1.82, 2.24) is 0 Å². The molecule has 1 atom stereocenters.